The average molecular weight is 212 g/mol. The van der Waals surface area contributed by atoms with Gasteiger partial charge in [-0.1, -0.05) is 20.3 Å². The summed E-state index contributed by atoms with van der Waals surface area (Å²) in [5, 5.41) is 3.79. The maximum absolute atomic E-state index is 3.79. The minimum Gasteiger partial charge on any atom is -0.311 e. The van der Waals surface area contributed by atoms with Crippen molar-refractivity contribution in [2.24, 2.45) is 5.92 Å². The summed E-state index contributed by atoms with van der Waals surface area (Å²) in [6.45, 7) is 6.95. The predicted molar refractivity (Wildman–Crippen MR) is 67.2 cm³/mol. The fourth-order valence-corrected chi connectivity index (χ4v) is 2.47. The summed E-state index contributed by atoms with van der Waals surface area (Å²) in [4.78, 5) is 2.37. The van der Waals surface area contributed by atoms with Crippen LogP contribution in [0.3, 0.4) is 0 Å². The SMILES string of the molecule is CCC(C)C(C)NC1CCC(N(C)C)C1. The van der Waals surface area contributed by atoms with Crippen LogP contribution in [0.1, 0.15) is 46.5 Å². The summed E-state index contributed by atoms with van der Waals surface area (Å²) in [5.74, 6) is 0.795. The summed E-state index contributed by atoms with van der Waals surface area (Å²) >= 11 is 0. The largest absolute Gasteiger partial charge is 0.311 e. The van der Waals surface area contributed by atoms with E-state index < -0.39 is 0 Å². The molecule has 1 aliphatic rings. The zero-order valence-corrected chi connectivity index (χ0v) is 11.1. The van der Waals surface area contributed by atoms with Crippen molar-refractivity contribution in [3.63, 3.8) is 0 Å². The van der Waals surface area contributed by atoms with E-state index in [1.807, 2.05) is 0 Å². The second kappa shape index (κ2) is 5.86. The van der Waals surface area contributed by atoms with Gasteiger partial charge in [-0.15, -0.1) is 0 Å². The van der Waals surface area contributed by atoms with Crippen LogP contribution in [0, 0.1) is 5.92 Å². The molecule has 1 rings (SSSR count). The monoisotopic (exact) mass is 212 g/mol. The van der Waals surface area contributed by atoms with E-state index >= 15 is 0 Å². The van der Waals surface area contributed by atoms with E-state index in [4.69, 9.17) is 0 Å². The molecule has 4 atom stereocenters. The molecule has 0 heterocycles. The summed E-state index contributed by atoms with van der Waals surface area (Å²) in [5.41, 5.74) is 0. The lowest BCUT2D eigenvalue weighted by molar-refractivity contribution is 0.285. The highest BCUT2D eigenvalue weighted by atomic mass is 15.1. The Kier molecular flexibility index (Phi) is 5.07. The minimum absolute atomic E-state index is 0.668. The van der Waals surface area contributed by atoms with Gasteiger partial charge in [0.15, 0.2) is 0 Å². The maximum atomic E-state index is 3.79. The van der Waals surface area contributed by atoms with Gasteiger partial charge in [-0.05, 0) is 46.2 Å². The Morgan fingerprint density at radius 1 is 1.27 bits per heavy atom. The molecule has 2 nitrogen and oxygen atoms in total. The van der Waals surface area contributed by atoms with E-state index in [1.165, 1.54) is 25.7 Å². The first kappa shape index (κ1) is 13.0. The van der Waals surface area contributed by atoms with Crippen LogP contribution < -0.4 is 5.32 Å². The summed E-state index contributed by atoms with van der Waals surface area (Å²) in [6, 6.07) is 2.22. The first-order valence-corrected chi connectivity index (χ1v) is 6.47. The van der Waals surface area contributed by atoms with Gasteiger partial charge in [-0.3, -0.25) is 0 Å². The van der Waals surface area contributed by atoms with Crippen molar-refractivity contribution in [3.8, 4) is 0 Å². The van der Waals surface area contributed by atoms with Crippen LogP contribution in [0.4, 0.5) is 0 Å². The molecule has 0 radical (unpaired) electrons. The molecule has 15 heavy (non-hydrogen) atoms. The Bertz CT molecular complexity index is 179. The zero-order valence-electron chi connectivity index (χ0n) is 11.1. The summed E-state index contributed by atoms with van der Waals surface area (Å²) < 4.78 is 0. The lowest BCUT2D eigenvalue weighted by Gasteiger charge is -2.25. The Balaban J connectivity index is 2.29. The van der Waals surface area contributed by atoms with Crippen molar-refractivity contribution in [2.45, 2.75) is 64.6 Å². The van der Waals surface area contributed by atoms with Crippen molar-refractivity contribution in [3.05, 3.63) is 0 Å². The molecule has 4 unspecified atom stereocenters. The van der Waals surface area contributed by atoms with Crippen molar-refractivity contribution >= 4 is 0 Å². The lowest BCUT2D eigenvalue weighted by atomic mass is 10.00. The van der Waals surface area contributed by atoms with Gasteiger partial charge < -0.3 is 10.2 Å². The zero-order chi connectivity index (χ0) is 11.4. The van der Waals surface area contributed by atoms with E-state index in [9.17, 15) is 0 Å². The first-order valence-electron chi connectivity index (χ1n) is 6.47. The molecule has 1 N–H and O–H groups in total. The third-order valence-corrected chi connectivity index (χ3v) is 4.13. The molecule has 0 aromatic rings. The van der Waals surface area contributed by atoms with Crippen molar-refractivity contribution in [1.29, 1.82) is 0 Å². The fourth-order valence-electron chi connectivity index (χ4n) is 2.47. The molecule has 0 aromatic carbocycles. The minimum atomic E-state index is 0.668. The molecule has 1 saturated carbocycles. The molecule has 90 valence electrons. The molecule has 0 spiro atoms. The van der Waals surface area contributed by atoms with Crippen molar-refractivity contribution < 1.29 is 0 Å². The van der Waals surface area contributed by atoms with Crippen molar-refractivity contribution in [1.82, 2.24) is 10.2 Å². The van der Waals surface area contributed by atoms with Crippen LogP contribution in [0.15, 0.2) is 0 Å². The summed E-state index contributed by atoms with van der Waals surface area (Å²) in [6.07, 6.45) is 5.31. The Morgan fingerprint density at radius 3 is 2.40 bits per heavy atom. The number of hydrogen-bond donors (Lipinski definition) is 1. The van der Waals surface area contributed by atoms with Gasteiger partial charge in [0.25, 0.3) is 0 Å². The van der Waals surface area contributed by atoms with E-state index in [-0.39, 0.29) is 0 Å². The molecule has 0 aliphatic heterocycles. The molecule has 0 amide bonds. The standard InChI is InChI=1S/C13H28N2/c1-6-10(2)11(3)14-12-7-8-13(9-12)15(4)5/h10-14H,6-9H2,1-5H3. The van der Waals surface area contributed by atoms with Crippen LogP contribution in [-0.4, -0.2) is 37.1 Å². The van der Waals surface area contributed by atoms with Gasteiger partial charge in [0.1, 0.15) is 0 Å². The highest BCUT2D eigenvalue weighted by Crippen LogP contribution is 2.23. The van der Waals surface area contributed by atoms with Gasteiger partial charge in [-0.25, -0.2) is 0 Å². The Labute approximate surface area is 95.4 Å². The van der Waals surface area contributed by atoms with Gasteiger partial charge in [-0.2, -0.15) is 0 Å². The highest BCUT2D eigenvalue weighted by molar-refractivity contribution is 4.86. The van der Waals surface area contributed by atoms with Gasteiger partial charge >= 0.3 is 0 Å². The molecule has 2 heteroatoms. The average Bonchev–Trinajstić information content (AvgIpc) is 2.65. The third-order valence-electron chi connectivity index (χ3n) is 4.13. The number of nitrogens with zero attached hydrogens (tertiary/aromatic N) is 1. The molecule has 1 fully saturated rings. The van der Waals surface area contributed by atoms with Crippen LogP contribution in [0.5, 0.6) is 0 Å². The Hall–Kier alpha value is -0.0800. The molecule has 0 aromatic heterocycles. The maximum Gasteiger partial charge on any atom is 0.0105 e. The second-order valence-electron chi connectivity index (χ2n) is 5.47. The number of hydrogen-bond acceptors (Lipinski definition) is 2. The van der Waals surface area contributed by atoms with Crippen molar-refractivity contribution in [2.75, 3.05) is 14.1 Å². The molecule has 0 saturated heterocycles. The normalized spacial score (nSPS) is 30.8. The topological polar surface area (TPSA) is 15.3 Å². The van der Waals surface area contributed by atoms with E-state index in [1.54, 1.807) is 0 Å². The van der Waals surface area contributed by atoms with Gasteiger partial charge in [0, 0.05) is 18.1 Å². The Morgan fingerprint density at radius 2 is 1.93 bits per heavy atom. The lowest BCUT2D eigenvalue weighted by Crippen LogP contribution is -2.39. The number of rotatable bonds is 5. The second-order valence-corrected chi connectivity index (χ2v) is 5.47. The van der Waals surface area contributed by atoms with Crippen LogP contribution >= 0.6 is 0 Å². The highest BCUT2D eigenvalue weighted by Gasteiger charge is 2.27. The van der Waals surface area contributed by atoms with Gasteiger partial charge in [0.05, 0.1) is 0 Å². The third kappa shape index (κ3) is 3.76. The molecule has 0 bridgehead atoms. The summed E-state index contributed by atoms with van der Waals surface area (Å²) in [7, 11) is 4.40. The molecule has 1 aliphatic carbocycles. The van der Waals surface area contributed by atoms with Crippen LogP contribution in [0.2, 0.25) is 0 Å². The number of nitrogens with one attached hydrogen (secondary N) is 1. The molecular weight excluding hydrogens is 184 g/mol. The first-order chi connectivity index (χ1) is 7.04. The quantitative estimate of drug-likeness (QED) is 0.753. The molecular formula is C13H28N2. The van der Waals surface area contributed by atoms with Crippen LogP contribution in [0.25, 0.3) is 0 Å². The van der Waals surface area contributed by atoms with E-state index in [0.29, 0.717) is 6.04 Å². The fraction of sp³-hybridized carbons (Fsp3) is 1.00. The van der Waals surface area contributed by atoms with E-state index in [0.717, 1.165) is 18.0 Å². The smallest absolute Gasteiger partial charge is 0.0105 e. The predicted octanol–water partition coefficient (Wildman–Crippen LogP) is 2.49. The van der Waals surface area contributed by atoms with E-state index in [2.05, 4.69) is 45.1 Å². The van der Waals surface area contributed by atoms with Gasteiger partial charge in [0.2, 0.25) is 0 Å². The van der Waals surface area contributed by atoms with Crippen LogP contribution in [-0.2, 0) is 0 Å².